The number of nitrogens with zero attached hydrogens (tertiary/aromatic N) is 3. The van der Waals surface area contributed by atoms with Crippen LogP contribution in [0.4, 0.5) is 5.82 Å². The Morgan fingerprint density at radius 3 is 2.64 bits per heavy atom. The molecule has 0 amide bonds. The van der Waals surface area contributed by atoms with Gasteiger partial charge in [-0.2, -0.15) is 0 Å². The van der Waals surface area contributed by atoms with Crippen molar-refractivity contribution >= 4 is 11.8 Å². The third-order valence-electron chi connectivity index (χ3n) is 6.78. The molecule has 1 aromatic carbocycles. The second-order valence-electron chi connectivity index (χ2n) is 8.04. The van der Waals surface area contributed by atoms with E-state index >= 15 is 0 Å². The maximum Gasteiger partial charge on any atom is 0.354 e. The molecule has 6 nitrogen and oxygen atoms in total. The summed E-state index contributed by atoms with van der Waals surface area (Å²) < 4.78 is 5.68. The van der Waals surface area contributed by atoms with Gasteiger partial charge in [0.1, 0.15) is 11.6 Å². The molecule has 4 aliphatic heterocycles. The predicted molar refractivity (Wildman–Crippen MR) is 106 cm³/mol. The first-order valence-electron chi connectivity index (χ1n) is 10.0. The van der Waals surface area contributed by atoms with Crippen molar-refractivity contribution < 1.29 is 14.6 Å². The number of para-hydroxylation sites is 1. The van der Waals surface area contributed by atoms with Gasteiger partial charge in [-0.05, 0) is 50.0 Å². The van der Waals surface area contributed by atoms with Crippen LogP contribution in [0.15, 0.2) is 42.5 Å². The second-order valence-corrected chi connectivity index (χ2v) is 8.04. The van der Waals surface area contributed by atoms with E-state index in [4.69, 9.17) is 4.74 Å². The molecule has 4 saturated heterocycles. The van der Waals surface area contributed by atoms with E-state index in [2.05, 4.69) is 26.9 Å². The number of carboxylic acids is 1. The summed E-state index contributed by atoms with van der Waals surface area (Å²) in [5, 5.41) is 9.38. The van der Waals surface area contributed by atoms with Crippen LogP contribution in [0.2, 0.25) is 0 Å². The molecule has 0 saturated carbocycles. The summed E-state index contributed by atoms with van der Waals surface area (Å²) >= 11 is 0. The van der Waals surface area contributed by atoms with Gasteiger partial charge in [0.05, 0.1) is 7.11 Å². The first-order chi connectivity index (χ1) is 13.7. The summed E-state index contributed by atoms with van der Waals surface area (Å²) in [5.74, 6) is 1.68. The van der Waals surface area contributed by atoms with Crippen molar-refractivity contribution in [1.82, 2.24) is 9.88 Å². The Labute approximate surface area is 164 Å². The smallest absolute Gasteiger partial charge is 0.354 e. The van der Waals surface area contributed by atoms with Crippen LogP contribution in [0, 0.1) is 5.92 Å². The molecule has 2 aromatic rings. The number of rotatable bonds is 4. The van der Waals surface area contributed by atoms with Gasteiger partial charge < -0.3 is 14.7 Å². The molecule has 146 valence electrons. The molecule has 5 heterocycles. The average molecular weight is 379 g/mol. The number of anilines is 1. The molecule has 0 radical (unpaired) electrons. The van der Waals surface area contributed by atoms with Crippen molar-refractivity contribution in [2.24, 2.45) is 5.92 Å². The topological polar surface area (TPSA) is 65.9 Å². The van der Waals surface area contributed by atoms with E-state index < -0.39 is 5.97 Å². The highest BCUT2D eigenvalue weighted by Gasteiger charge is 2.54. The molecule has 4 aliphatic rings. The first kappa shape index (κ1) is 17.5. The lowest BCUT2D eigenvalue weighted by atomic mass is 9.75. The zero-order chi connectivity index (χ0) is 19.3. The van der Waals surface area contributed by atoms with Crippen molar-refractivity contribution in [2.45, 2.75) is 30.8 Å². The monoisotopic (exact) mass is 379 g/mol. The Morgan fingerprint density at radius 1 is 1.11 bits per heavy atom. The predicted octanol–water partition coefficient (Wildman–Crippen LogP) is 2.86. The number of carbonyl (C=O) groups is 1. The van der Waals surface area contributed by atoms with Gasteiger partial charge in [-0.3, -0.25) is 4.90 Å². The molecule has 6 rings (SSSR count). The van der Waals surface area contributed by atoms with Crippen molar-refractivity contribution in [3.8, 4) is 5.75 Å². The van der Waals surface area contributed by atoms with Gasteiger partial charge >= 0.3 is 5.97 Å². The zero-order valence-corrected chi connectivity index (χ0v) is 16.0. The van der Waals surface area contributed by atoms with E-state index in [-0.39, 0.29) is 5.69 Å². The number of benzene rings is 1. The third-order valence-corrected chi connectivity index (χ3v) is 6.78. The van der Waals surface area contributed by atoms with E-state index in [0.717, 1.165) is 31.2 Å². The van der Waals surface area contributed by atoms with E-state index in [1.54, 1.807) is 19.2 Å². The first-order valence-corrected chi connectivity index (χ1v) is 10.0. The maximum atomic E-state index is 11.4. The van der Waals surface area contributed by atoms with Crippen molar-refractivity contribution in [2.75, 3.05) is 31.6 Å². The third kappa shape index (κ3) is 2.66. The molecule has 0 aliphatic carbocycles. The highest BCUT2D eigenvalue weighted by molar-refractivity contribution is 5.85. The molecule has 4 fully saturated rings. The van der Waals surface area contributed by atoms with Crippen LogP contribution in [-0.2, 0) is 0 Å². The van der Waals surface area contributed by atoms with Gasteiger partial charge in [0, 0.05) is 30.1 Å². The normalized spacial score (nSPS) is 30.9. The van der Waals surface area contributed by atoms with Crippen molar-refractivity contribution in [3.63, 3.8) is 0 Å². The standard InChI is InChI=1S/C22H25N3O3/c1-28-18-7-3-2-5-15(18)16-13-25(19-8-4-6-17(23-19)22(26)27)20-14-9-11-24(12-10-14)21(16)20/h2-8,14,16,20-21H,9-13H2,1H3,(H,26,27)/t16-,20-,21-/m0/s1. The second kappa shape index (κ2) is 6.78. The van der Waals surface area contributed by atoms with Crippen molar-refractivity contribution in [1.29, 1.82) is 0 Å². The largest absolute Gasteiger partial charge is 0.496 e. The van der Waals surface area contributed by atoms with E-state index in [9.17, 15) is 9.90 Å². The fraction of sp³-hybridized carbons (Fsp3) is 0.455. The number of methoxy groups -OCH3 is 1. The van der Waals surface area contributed by atoms with E-state index in [0.29, 0.717) is 23.9 Å². The number of pyridine rings is 1. The highest BCUT2D eigenvalue weighted by Crippen LogP contribution is 2.49. The Hall–Kier alpha value is -2.60. The van der Waals surface area contributed by atoms with Crippen LogP contribution < -0.4 is 9.64 Å². The number of fused-ring (bicyclic) bond motifs is 2. The SMILES string of the molecule is COc1ccccc1[C@@H]1CN(c2cccc(C(=O)O)n2)[C@H]2C3CCN(CC3)[C@@H]12. The zero-order valence-electron chi connectivity index (χ0n) is 16.0. The molecule has 28 heavy (non-hydrogen) atoms. The average Bonchev–Trinajstić information content (AvgIpc) is 3.17. The van der Waals surface area contributed by atoms with Crippen LogP contribution in [-0.4, -0.2) is 59.8 Å². The Balaban J connectivity index is 1.58. The molecule has 1 N–H and O–H groups in total. The molecule has 3 atom stereocenters. The van der Waals surface area contributed by atoms with Crippen LogP contribution in [0.1, 0.15) is 34.8 Å². The summed E-state index contributed by atoms with van der Waals surface area (Å²) in [5.41, 5.74) is 1.35. The molecule has 1 aromatic heterocycles. The van der Waals surface area contributed by atoms with Crippen LogP contribution >= 0.6 is 0 Å². The minimum Gasteiger partial charge on any atom is -0.496 e. The van der Waals surface area contributed by atoms with Crippen LogP contribution in [0.3, 0.4) is 0 Å². The summed E-state index contributed by atoms with van der Waals surface area (Å²) in [6.45, 7) is 3.13. The minimum atomic E-state index is -0.979. The minimum absolute atomic E-state index is 0.107. The van der Waals surface area contributed by atoms with E-state index in [1.165, 1.54) is 18.4 Å². The Kier molecular flexibility index (Phi) is 4.23. The number of carboxylic acid groups (broad SMARTS) is 1. The van der Waals surface area contributed by atoms with Crippen molar-refractivity contribution in [3.05, 3.63) is 53.7 Å². The number of aromatic nitrogens is 1. The number of piperidine rings is 3. The van der Waals surface area contributed by atoms with Gasteiger partial charge in [0.25, 0.3) is 0 Å². The summed E-state index contributed by atoms with van der Waals surface area (Å²) in [7, 11) is 1.73. The molecular formula is C22H25N3O3. The fourth-order valence-electron chi connectivity index (χ4n) is 5.63. The lowest BCUT2D eigenvalue weighted by Gasteiger charge is -2.51. The van der Waals surface area contributed by atoms with Gasteiger partial charge in [-0.1, -0.05) is 24.3 Å². The lowest BCUT2D eigenvalue weighted by molar-refractivity contribution is 0.0352. The number of aromatic carboxylic acids is 1. The van der Waals surface area contributed by atoms with Gasteiger partial charge in [-0.25, -0.2) is 9.78 Å². The quantitative estimate of drug-likeness (QED) is 0.881. The number of hydrogen-bond acceptors (Lipinski definition) is 5. The molecule has 0 spiro atoms. The Morgan fingerprint density at radius 2 is 1.89 bits per heavy atom. The van der Waals surface area contributed by atoms with Gasteiger partial charge in [0.15, 0.2) is 5.69 Å². The number of ether oxygens (including phenoxy) is 1. The highest BCUT2D eigenvalue weighted by atomic mass is 16.5. The molecule has 0 unspecified atom stereocenters. The molecule has 2 bridgehead atoms. The summed E-state index contributed by atoms with van der Waals surface area (Å²) in [6, 6.07) is 14.4. The Bertz CT molecular complexity index is 894. The van der Waals surface area contributed by atoms with Gasteiger partial charge in [-0.15, -0.1) is 0 Å². The molecule has 6 heteroatoms. The maximum absolute atomic E-state index is 11.4. The lowest BCUT2D eigenvalue weighted by Crippen LogP contribution is -2.60. The fourth-order valence-corrected chi connectivity index (χ4v) is 5.63. The van der Waals surface area contributed by atoms with E-state index in [1.807, 2.05) is 18.2 Å². The summed E-state index contributed by atoms with van der Waals surface area (Å²) in [6.07, 6.45) is 2.41. The summed E-state index contributed by atoms with van der Waals surface area (Å²) in [4.78, 5) is 20.9. The number of hydrogen-bond donors (Lipinski definition) is 1. The van der Waals surface area contributed by atoms with Crippen LogP contribution in [0.25, 0.3) is 0 Å². The van der Waals surface area contributed by atoms with Gasteiger partial charge in [0.2, 0.25) is 0 Å². The van der Waals surface area contributed by atoms with Crippen LogP contribution in [0.5, 0.6) is 5.75 Å². The molecular weight excluding hydrogens is 354 g/mol.